The highest BCUT2D eigenvalue weighted by molar-refractivity contribution is 6.38. The molecule has 0 spiro atoms. The van der Waals surface area contributed by atoms with Crippen LogP contribution in [0.5, 0.6) is 0 Å². The Bertz CT molecular complexity index is 1670. The van der Waals surface area contributed by atoms with Crippen LogP contribution < -0.4 is 26.6 Å². The summed E-state index contributed by atoms with van der Waals surface area (Å²) in [5.74, 6) is -3.95. The van der Waals surface area contributed by atoms with Crippen LogP contribution in [0.2, 0.25) is 0 Å². The van der Waals surface area contributed by atoms with Crippen molar-refractivity contribution in [3.05, 3.63) is 83.9 Å². The average Bonchev–Trinajstić information content (AvgIpc) is 3.49. The van der Waals surface area contributed by atoms with Crippen LogP contribution in [0.15, 0.2) is 72.8 Å². The minimum atomic E-state index is -1.29. The highest BCUT2D eigenvalue weighted by Gasteiger charge is 2.36. The second kappa shape index (κ2) is 17.9. The number of carbonyl (C=O) groups is 6. The van der Waals surface area contributed by atoms with E-state index in [1.807, 2.05) is 86.6 Å². The van der Waals surface area contributed by atoms with Gasteiger partial charge in [-0.1, -0.05) is 86.6 Å². The van der Waals surface area contributed by atoms with Crippen molar-refractivity contribution in [2.24, 2.45) is 11.8 Å². The summed E-state index contributed by atoms with van der Waals surface area (Å²) >= 11 is 0. The summed E-state index contributed by atoms with van der Waals surface area (Å²) in [7, 11) is 0. The van der Waals surface area contributed by atoms with Gasteiger partial charge in [0.25, 0.3) is 5.91 Å². The van der Waals surface area contributed by atoms with Crippen LogP contribution in [0.3, 0.4) is 0 Å². The number of ketones is 1. The second-order valence-electron chi connectivity index (χ2n) is 13.4. The van der Waals surface area contributed by atoms with E-state index in [4.69, 9.17) is 4.74 Å². The molecule has 4 atom stereocenters. The molecule has 3 aromatic rings. The molecule has 3 aromatic carbocycles. The number of rotatable bonds is 16. The normalized spacial score (nSPS) is 15.9. The van der Waals surface area contributed by atoms with Gasteiger partial charge in [-0.2, -0.15) is 0 Å². The molecule has 0 aliphatic carbocycles. The zero-order valence-electron chi connectivity index (χ0n) is 29.0. The Morgan fingerprint density at radius 2 is 1.44 bits per heavy atom. The Balaban J connectivity index is 1.56. The summed E-state index contributed by atoms with van der Waals surface area (Å²) in [5, 5.41) is 15.3. The van der Waals surface area contributed by atoms with Gasteiger partial charge < -0.3 is 31.3 Å². The summed E-state index contributed by atoms with van der Waals surface area (Å²) in [6.45, 7) is 7.59. The van der Waals surface area contributed by atoms with Gasteiger partial charge in [-0.15, -0.1) is 0 Å². The maximum Gasteiger partial charge on any atom is 0.408 e. The molecule has 0 bridgehead atoms. The standard InChI is InChI=1S/C38H47N5O7/c1-23(2)19-31(35(46)41-30(21-28-17-18-39-34(28)45)33(44)37(48)40-24(3)4)42-36(47)32(43-38(49)50-22-25-11-6-5-7-12-25)20-27-15-10-14-26-13-8-9-16-29(26)27/h5-16,23-24,28,30-32H,17-22H2,1-4H3,(H,39,45)(H,40,48)(H,41,46)(H,42,47)(H,43,49)/t28-,30-,31-,32-/m0/s1. The van der Waals surface area contributed by atoms with Gasteiger partial charge in [-0.25, -0.2) is 4.79 Å². The summed E-state index contributed by atoms with van der Waals surface area (Å²) < 4.78 is 5.43. The lowest BCUT2D eigenvalue weighted by atomic mass is 9.94. The molecule has 0 unspecified atom stereocenters. The van der Waals surface area contributed by atoms with Gasteiger partial charge in [0.15, 0.2) is 0 Å². The highest BCUT2D eigenvalue weighted by atomic mass is 16.5. The molecule has 1 saturated heterocycles. The molecule has 50 heavy (non-hydrogen) atoms. The molecule has 5 amide bonds. The van der Waals surface area contributed by atoms with Crippen LogP contribution in [0.4, 0.5) is 4.79 Å². The third-order valence-electron chi connectivity index (χ3n) is 8.42. The van der Waals surface area contributed by atoms with Gasteiger partial charge in [-0.3, -0.25) is 24.0 Å². The average molecular weight is 686 g/mol. The molecule has 1 heterocycles. The summed E-state index contributed by atoms with van der Waals surface area (Å²) in [5.41, 5.74) is 1.57. The van der Waals surface area contributed by atoms with E-state index >= 15 is 0 Å². The molecular formula is C38H47N5O7. The Morgan fingerprint density at radius 3 is 2.12 bits per heavy atom. The van der Waals surface area contributed by atoms with Crippen molar-refractivity contribution in [3.8, 4) is 0 Å². The van der Waals surface area contributed by atoms with E-state index in [1.165, 1.54) is 0 Å². The molecule has 266 valence electrons. The minimum Gasteiger partial charge on any atom is -0.445 e. The molecule has 1 fully saturated rings. The van der Waals surface area contributed by atoms with E-state index in [0.29, 0.717) is 13.0 Å². The summed E-state index contributed by atoms with van der Waals surface area (Å²) in [6.07, 6.45) is -0.131. The van der Waals surface area contributed by atoms with Crippen molar-refractivity contribution >= 4 is 46.3 Å². The van der Waals surface area contributed by atoms with E-state index in [2.05, 4.69) is 26.6 Å². The van der Waals surface area contributed by atoms with E-state index < -0.39 is 53.6 Å². The van der Waals surface area contributed by atoms with Crippen LogP contribution in [-0.2, 0) is 41.7 Å². The topological polar surface area (TPSA) is 172 Å². The van der Waals surface area contributed by atoms with Gasteiger partial charge in [0.1, 0.15) is 18.7 Å². The largest absolute Gasteiger partial charge is 0.445 e. The molecule has 12 heteroatoms. The SMILES string of the molecule is CC(C)C[C@H](NC(=O)[C@H](Cc1cccc2ccccc12)NC(=O)OCc1ccccc1)C(=O)N[C@@H](C[C@@H]1CCNC1=O)C(=O)C(=O)NC(C)C. The lowest BCUT2D eigenvalue weighted by Crippen LogP contribution is -2.58. The quantitative estimate of drug-likeness (QED) is 0.144. The number of carbonyl (C=O) groups excluding carboxylic acids is 6. The number of ether oxygens (including phenoxy) is 1. The molecule has 1 aliphatic rings. The fourth-order valence-corrected chi connectivity index (χ4v) is 5.93. The minimum absolute atomic E-state index is 0.00746. The van der Waals surface area contributed by atoms with E-state index in [0.717, 1.165) is 21.9 Å². The number of fused-ring (bicyclic) bond motifs is 1. The van der Waals surface area contributed by atoms with Crippen molar-refractivity contribution in [1.82, 2.24) is 26.6 Å². The second-order valence-corrected chi connectivity index (χ2v) is 13.4. The fourth-order valence-electron chi connectivity index (χ4n) is 5.93. The van der Waals surface area contributed by atoms with Crippen molar-refractivity contribution in [2.45, 2.75) is 84.2 Å². The Morgan fingerprint density at radius 1 is 0.780 bits per heavy atom. The number of alkyl carbamates (subject to hydrolysis) is 1. The first-order valence-electron chi connectivity index (χ1n) is 17.1. The smallest absolute Gasteiger partial charge is 0.408 e. The molecular weight excluding hydrogens is 638 g/mol. The number of amides is 5. The Labute approximate surface area is 292 Å². The maximum absolute atomic E-state index is 14.0. The van der Waals surface area contributed by atoms with Crippen LogP contribution in [0, 0.1) is 11.8 Å². The van der Waals surface area contributed by atoms with Crippen molar-refractivity contribution < 1.29 is 33.5 Å². The van der Waals surface area contributed by atoms with E-state index in [-0.39, 0.29) is 43.7 Å². The van der Waals surface area contributed by atoms with Gasteiger partial charge in [0.2, 0.25) is 23.5 Å². The van der Waals surface area contributed by atoms with Crippen molar-refractivity contribution in [1.29, 1.82) is 0 Å². The van der Waals surface area contributed by atoms with Gasteiger partial charge in [0, 0.05) is 24.9 Å². The first-order valence-corrected chi connectivity index (χ1v) is 17.1. The molecule has 0 aromatic heterocycles. The maximum atomic E-state index is 14.0. The number of benzene rings is 3. The summed E-state index contributed by atoms with van der Waals surface area (Å²) in [6, 6.07) is 18.6. The Hall–Kier alpha value is -5.26. The van der Waals surface area contributed by atoms with E-state index in [9.17, 15) is 28.8 Å². The molecule has 5 N–H and O–H groups in total. The Kier molecular flexibility index (Phi) is 13.5. The van der Waals surface area contributed by atoms with Crippen LogP contribution in [0.1, 0.15) is 58.1 Å². The predicted molar refractivity (Wildman–Crippen MR) is 189 cm³/mol. The zero-order chi connectivity index (χ0) is 36.2. The van der Waals surface area contributed by atoms with Crippen LogP contribution >= 0.6 is 0 Å². The summed E-state index contributed by atoms with van der Waals surface area (Å²) in [4.78, 5) is 79.3. The first-order chi connectivity index (χ1) is 23.9. The van der Waals surface area contributed by atoms with Crippen LogP contribution in [-0.4, -0.2) is 66.2 Å². The van der Waals surface area contributed by atoms with Crippen LogP contribution in [0.25, 0.3) is 10.8 Å². The van der Waals surface area contributed by atoms with Gasteiger partial charge in [-0.05, 0) is 60.9 Å². The third kappa shape index (κ3) is 10.9. The number of hydrogen-bond acceptors (Lipinski definition) is 7. The molecule has 12 nitrogen and oxygen atoms in total. The molecule has 0 saturated carbocycles. The fraction of sp³-hybridized carbons (Fsp3) is 0.421. The predicted octanol–water partition coefficient (Wildman–Crippen LogP) is 3.31. The lowest BCUT2D eigenvalue weighted by Gasteiger charge is -2.27. The number of nitrogens with one attached hydrogen (secondary N) is 5. The van der Waals surface area contributed by atoms with Gasteiger partial charge >= 0.3 is 6.09 Å². The monoisotopic (exact) mass is 685 g/mol. The highest BCUT2D eigenvalue weighted by Crippen LogP contribution is 2.21. The first kappa shape index (κ1) is 37.6. The van der Waals surface area contributed by atoms with E-state index in [1.54, 1.807) is 13.8 Å². The lowest BCUT2D eigenvalue weighted by molar-refractivity contribution is -0.141. The molecule has 4 rings (SSSR count). The third-order valence-corrected chi connectivity index (χ3v) is 8.42. The molecule has 0 radical (unpaired) electrons. The number of hydrogen-bond donors (Lipinski definition) is 5. The van der Waals surface area contributed by atoms with Gasteiger partial charge in [0.05, 0.1) is 6.04 Å². The van der Waals surface area contributed by atoms with Crippen molar-refractivity contribution in [2.75, 3.05) is 6.54 Å². The van der Waals surface area contributed by atoms with Crippen molar-refractivity contribution in [3.63, 3.8) is 0 Å². The number of Topliss-reactive ketones (excluding diaryl/α,β-unsaturated/α-hetero) is 1. The molecule has 1 aliphatic heterocycles. The zero-order valence-corrected chi connectivity index (χ0v) is 29.0.